The third-order valence-electron chi connectivity index (χ3n) is 4.96. The van der Waals surface area contributed by atoms with Crippen LogP contribution in [0.3, 0.4) is 0 Å². The molecule has 2 amide bonds. The molecule has 0 bridgehead atoms. The number of aromatic nitrogens is 1. The number of carbonyl (C=O) groups excluding carboxylic acids is 2. The van der Waals surface area contributed by atoms with Crippen LogP contribution in [0.2, 0.25) is 0 Å². The summed E-state index contributed by atoms with van der Waals surface area (Å²) in [6, 6.07) is 13.6. The molecule has 1 aliphatic rings. The van der Waals surface area contributed by atoms with Crippen molar-refractivity contribution in [2.24, 2.45) is 0 Å². The quantitative estimate of drug-likeness (QED) is 0.641. The number of nitrogens with zero attached hydrogens (tertiary/aromatic N) is 2. The van der Waals surface area contributed by atoms with Gasteiger partial charge in [-0.1, -0.05) is 48.6 Å². The molecule has 1 aromatic carbocycles. The summed E-state index contributed by atoms with van der Waals surface area (Å²) in [5.74, 6) is -0.162. The van der Waals surface area contributed by atoms with Crippen molar-refractivity contribution in [2.75, 3.05) is 26.2 Å². The molecule has 152 valence electrons. The number of pyridine rings is 1. The summed E-state index contributed by atoms with van der Waals surface area (Å²) in [5.41, 5.74) is 2.28. The number of hydrogen-bond donors (Lipinski definition) is 2. The van der Waals surface area contributed by atoms with Gasteiger partial charge in [0.1, 0.15) is 0 Å². The van der Waals surface area contributed by atoms with Crippen molar-refractivity contribution in [2.45, 2.75) is 25.3 Å². The van der Waals surface area contributed by atoms with Crippen LogP contribution in [-0.2, 0) is 16.0 Å². The topological polar surface area (TPSA) is 74.3 Å². The fourth-order valence-electron chi connectivity index (χ4n) is 3.40. The SMILES string of the molecule is O=C(C[C@H]1C(=O)NCCN1C/C=C/c1ccccc1)NCCCc1cccnc1. The van der Waals surface area contributed by atoms with Gasteiger partial charge in [-0.2, -0.15) is 0 Å². The first-order chi connectivity index (χ1) is 14.2. The zero-order chi connectivity index (χ0) is 20.3. The van der Waals surface area contributed by atoms with Crippen LogP contribution < -0.4 is 10.6 Å². The zero-order valence-corrected chi connectivity index (χ0v) is 16.6. The lowest BCUT2D eigenvalue weighted by atomic mass is 10.1. The van der Waals surface area contributed by atoms with Crippen LogP contribution in [0.5, 0.6) is 0 Å². The molecule has 0 unspecified atom stereocenters. The predicted molar refractivity (Wildman–Crippen MR) is 114 cm³/mol. The Kier molecular flexibility index (Phi) is 7.95. The standard InChI is InChI=1S/C23H28N4O2/c28-22(25-13-5-10-20-9-4-12-24-18-20)17-21-23(29)26-14-16-27(21)15-6-11-19-7-2-1-3-8-19/h1-4,6-9,11-12,18,21H,5,10,13-17H2,(H,25,28)(H,26,29)/b11-6+/t21-/m0/s1. The summed E-state index contributed by atoms with van der Waals surface area (Å²) < 4.78 is 0. The second-order valence-corrected chi connectivity index (χ2v) is 7.13. The van der Waals surface area contributed by atoms with Crippen LogP contribution in [0, 0.1) is 0 Å². The van der Waals surface area contributed by atoms with Gasteiger partial charge in [-0.15, -0.1) is 0 Å². The minimum atomic E-state index is -0.428. The maximum atomic E-state index is 12.4. The van der Waals surface area contributed by atoms with Crippen molar-refractivity contribution in [1.29, 1.82) is 0 Å². The van der Waals surface area contributed by atoms with Crippen molar-refractivity contribution >= 4 is 17.9 Å². The van der Waals surface area contributed by atoms with E-state index in [9.17, 15) is 9.59 Å². The van der Waals surface area contributed by atoms with E-state index in [1.165, 1.54) is 0 Å². The van der Waals surface area contributed by atoms with E-state index < -0.39 is 6.04 Å². The fourth-order valence-corrected chi connectivity index (χ4v) is 3.40. The second kappa shape index (κ2) is 11.1. The molecule has 0 saturated carbocycles. The number of nitrogens with one attached hydrogen (secondary N) is 2. The smallest absolute Gasteiger partial charge is 0.237 e. The number of carbonyl (C=O) groups is 2. The highest BCUT2D eigenvalue weighted by atomic mass is 16.2. The largest absolute Gasteiger partial charge is 0.356 e. The Hall–Kier alpha value is -2.99. The van der Waals surface area contributed by atoms with Crippen molar-refractivity contribution < 1.29 is 9.59 Å². The Balaban J connectivity index is 1.45. The number of amides is 2. The van der Waals surface area contributed by atoms with Gasteiger partial charge in [0.05, 0.1) is 12.5 Å². The molecule has 0 radical (unpaired) electrons. The van der Waals surface area contributed by atoms with Crippen molar-refractivity contribution in [3.05, 3.63) is 72.1 Å². The van der Waals surface area contributed by atoms with E-state index in [4.69, 9.17) is 0 Å². The summed E-state index contributed by atoms with van der Waals surface area (Å²) >= 11 is 0. The van der Waals surface area contributed by atoms with Gasteiger partial charge in [-0.25, -0.2) is 0 Å². The predicted octanol–water partition coefficient (Wildman–Crippen LogP) is 2.03. The lowest BCUT2D eigenvalue weighted by Crippen LogP contribution is -2.56. The molecule has 2 N–H and O–H groups in total. The molecule has 6 heteroatoms. The Labute approximate surface area is 172 Å². The number of piperazine rings is 1. The lowest BCUT2D eigenvalue weighted by molar-refractivity contribution is -0.133. The highest BCUT2D eigenvalue weighted by Gasteiger charge is 2.30. The Morgan fingerprint density at radius 2 is 2.10 bits per heavy atom. The summed E-state index contributed by atoms with van der Waals surface area (Å²) in [5, 5.41) is 5.81. The van der Waals surface area contributed by atoms with Gasteiger partial charge in [0.2, 0.25) is 11.8 Å². The van der Waals surface area contributed by atoms with Crippen LogP contribution in [0.15, 0.2) is 60.9 Å². The Morgan fingerprint density at radius 1 is 1.24 bits per heavy atom. The van der Waals surface area contributed by atoms with Gasteiger partial charge >= 0.3 is 0 Å². The Morgan fingerprint density at radius 3 is 2.90 bits per heavy atom. The van der Waals surface area contributed by atoms with Gasteiger partial charge in [0, 0.05) is 38.6 Å². The van der Waals surface area contributed by atoms with E-state index in [0.717, 1.165) is 30.5 Å². The molecule has 1 atom stereocenters. The zero-order valence-electron chi connectivity index (χ0n) is 16.6. The molecule has 2 heterocycles. The van der Waals surface area contributed by atoms with Gasteiger partial charge in [0.15, 0.2) is 0 Å². The molecule has 29 heavy (non-hydrogen) atoms. The first-order valence-corrected chi connectivity index (χ1v) is 10.1. The van der Waals surface area contributed by atoms with Crippen LogP contribution in [0.4, 0.5) is 0 Å². The highest BCUT2D eigenvalue weighted by molar-refractivity contribution is 5.88. The molecule has 3 rings (SSSR count). The maximum absolute atomic E-state index is 12.4. The number of benzene rings is 1. The second-order valence-electron chi connectivity index (χ2n) is 7.13. The molecule has 0 aliphatic carbocycles. The van der Waals surface area contributed by atoms with Crippen LogP contribution >= 0.6 is 0 Å². The normalized spacial score (nSPS) is 17.2. The highest BCUT2D eigenvalue weighted by Crippen LogP contribution is 2.10. The number of rotatable bonds is 9. The Bertz CT molecular complexity index is 808. The molecule has 1 saturated heterocycles. The van der Waals surface area contributed by atoms with E-state index in [1.807, 2.05) is 60.8 Å². The first kappa shape index (κ1) is 20.7. The summed E-state index contributed by atoms with van der Waals surface area (Å²) in [4.78, 5) is 30.8. The van der Waals surface area contributed by atoms with Gasteiger partial charge < -0.3 is 10.6 Å². The molecule has 1 aliphatic heterocycles. The molecule has 1 aromatic heterocycles. The third kappa shape index (κ3) is 6.84. The van der Waals surface area contributed by atoms with E-state index in [0.29, 0.717) is 19.6 Å². The maximum Gasteiger partial charge on any atom is 0.237 e. The summed E-state index contributed by atoms with van der Waals surface area (Å²) in [7, 11) is 0. The van der Waals surface area contributed by atoms with Crippen LogP contribution in [0.1, 0.15) is 24.0 Å². The van der Waals surface area contributed by atoms with E-state index in [1.54, 1.807) is 6.20 Å². The minimum absolute atomic E-state index is 0.0742. The molecular weight excluding hydrogens is 364 g/mol. The molecule has 0 spiro atoms. The number of hydrogen-bond acceptors (Lipinski definition) is 4. The molecule has 1 fully saturated rings. The van der Waals surface area contributed by atoms with Crippen LogP contribution in [0.25, 0.3) is 6.08 Å². The van der Waals surface area contributed by atoms with E-state index in [-0.39, 0.29) is 18.2 Å². The average molecular weight is 393 g/mol. The van der Waals surface area contributed by atoms with Crippen molar-refractivity contribution in [1.82, 2.24) is 20.5 Å². The number of aryl methyl sites for hydroxylation is 1. The summed E-state index contributed by atoms with van der Waals surface area (Å²) in [6.45, 7) is 2.59. The van der Waals surface area contributed by atoms with E-state index in [2.05, 4.69) is 20.5 Å². The average Bonchev–Trinajstić information content (AvgIpc) is 2.75. The third-order valence-corrected chi connectivity index (χ3v) is 4.96. The van der Waals surface area contributed by atoms with Crippen molar-refractivity contribution in [3.8, 4) is 0 Å². The van der Waals surface area contributed by atoms with Gasteiger partial charge in [-0.3, -0.25) is 19.5 Å². The van der Waals surface area contributed by atoms with Crippen molar-refractivity contribution in [3.63, 3.8) is 0 Å². The fraction of sp³-hybridized carbons (Fsp3) is 0.348. The monoisotopic (exact) mass is 392 g/mol. The van der Waals surface area contributed by atoms with Crippen LogP contribution in [-0.4, -0.2) is 53.9 Å². The van der Waals surface area contributed by atoms with Gasteiger partial charge in [0.25, 0.3) is 0 Å². The first-order valence-electron chi connectivity index (χ1n) is 10.1. The van der Waals surface area contributed by atoms with Gasteiger partial charge in [-0.05, 0) is 30.0 Å². The molecule has 6 nitrogen and oxygen atoms in total. The lowest BCUT2D eigenvalue weighted by Gasteiger charge is -2.33. The van der Waals surface area contributed by atoms with E-state index >= 15 is 0 Å². The summed E-state index contributed by atoms with van der Waals surface area (Å²) in [6.07, 6.45) is 9.58. The molecule has 2 aromatic rings. The minimum Gasteiger partial charge on any atom is -0.356 e. The molecular formula is C23H28N4O2.